The van der Waals surface area contributed by atoms with Crippen LogP contribution in [0.5, 0.6) is 0 Å². The van der Waals surface area contributed by atoms with Crippen LogP contribution in [0, 0.1) is 0 Å². The summed E-state index contributed by atoms with van der Waals surface area (Å²) >= 11 is 1.57. The lowest BCUT2D eigenvalue weighted by Crippen LogP contribution is -2.33. The molecule has 30 heavy (non-hydrogen) atoms. The number of benzene rings is 3. The predicted octanol–water partition coefficient (Wildman–Crippen LogP) is 5.56. The van der Waals surface area contributed by atoms with Crippen LogP contribution in [-0.2, 0) is 0 Å². The number of hydrogen-bond acceptors (Lipinski definition) is 4. The molecule has 1 aromatic heterocycles. The van der Waals surface area contributed by atoms with Crippen LogP contribution in [0.2, 0.25) is 0 Å². The standard InChI is InChI=1S/C25H25N3OS/c1-27(2)17-8-18-28(25-26-22-11-6-7-12-23(22)30-25)24(29)21-15-13-20(14-16-21)19-9-4-3-5-10-19/h3-7,9-16H,8,17-18H2,1-2H3. The maximum atomic E-state index is 13.4. The quantitative estimate of drug-likeness (QED) is 0.396. The fraction of sp³-hybridized carbons (Fsp3) is 0.200. The van der Waals surface area contributed by atoms with Gasteiger partial charge in [-0.3, -0.25) is 9.69 Å². The molecular formula is C25H25N3OS. The highest BCUT2D eigenvalue weighted by molar-refractivity contribution is 7.22. The SMILES string of the molecule is CN(C)CCCN(C(=O)c1ccc(-c2ccccc2)cc1)c1nc2ccccc2s1. The number of amides is 1. The molecule has 152 valence electrons. The topological polar surface area (TPSA) is 36.4 Å². The number of fused-ring (bicyclic) bond motifs is 1. The predicted molar refractivity (Wildman–Crippen MR) is 126 cm³/mol. The van der Waals surface area contributed by atoms with Gasteiger partial charge in [-0.25, -0.2) is 4.98 Å². The van der Waals surface area contributed by atoms with Crippen LogP contribution in [0.1, 0.15) is 16.8 Å². The van der Waals surface area contributed by atoms with Gasteiger partial charge in [0.05, 0.1) is 10.2 Å². The van der Waals surface area contributed by atoms with Crippen molar-refractivity contribution in [1.82, 2.24) is 9.88 Å². The Hall–Kier alpha value is -3.02. The Morgan fingerprint density at radius 1 is 0.833 bits per heavy atom. The van der Waals surface area contributed by atoms with E-state index in [0.717, 1.165) is 39.4 Å². The lowest BCUT2D eigenvalue weighted by atomic mass is 10.0. The summed E-state index contributed by atoms with van der Waals surface area (Å²) in [6, 6.07) is 26.1. The van der Waals surface area contributed by atoms with Gasteiger partial charge < -0.3 is 4.90 Å². The Labute approximate surface area is 181 Å². The lowest BCUT2D eigenvalue weighted by Gasteiger charge is -2.21. The molecular weight excluding hydrogens is 390 g/mol. The van der Waals surface area contributed by atoms with Crippen molar-refractivity contribution in [2.75, 3.05) is 32.1 Å². The van der Waals surface area contributed by atoms with E-state index < -0.39 is 0 Å². The highest BCUT2D eigenvalue weighted by atomic mass is 32.1. The number of hydrogen-bond donors (Lipinski definition) is 0. The molecule has 0 radical (unpaired) electrons. The van der Waals surface area contributed by atoms with Crippen molar-refractivity contribution < 1.29 is 4.79 Å². The monoisotopic (exact) mass is 415 g/mol. The summed E-state index contributed by atoms with van der Waals surface area (Å²) in [6.45, 7) is 1.55. The Morgan fingerprint density at radius 3 is 2.20 bits per heavy atom. The summed E-state index contributed by atoms with van der Waals surface area (Å²) in [5.41, 5.74) is 3.86. The van der Waals surface area contributed by atoms with E-state index in [1.54, 1.807) is 11.3 Å². The molecule has 4 aromatic rings. The van der Waals surface area contributed by atoms with Crippen LogP contribution in [0.25, 0.3) is 21.3 Å². The molecule has 0 aliphatic heterocycles. The molecule has 3 aromatic carbocycles. The highest BCUT2D eigenvalue weighted by Crippen LogP contribution is 2.30. The summed E-state index contributed by atoms with van der Waals surface area (Å²) in [6.07, 6.45) is 0.886. The molecule has 0 saturated carbocycles. The summed E-state index contributed by atoms with van der Waals surface area (Å²) in [7, 11) is 4.10. The van der Waals surface area contributed by atoms with Gasteiger partial charge in [0.25, 0.3) is 5.91 Å². The van der Waals surface area contributed by atoms with Gasteiger partial charge in [-0.05, 0) is 62.5 Å². The van der Waals surface area contributed by atoms with Crippen LogP contribution in [0.3, 0.4) is 0 Å². The van der Waals surface area contributed by atoms with Crippen LogP contribution in [-0.4, -0.2) is 43.0 Å². The van der Waals surface area contributed by atoms with Crippen molar-refractivity contribution in [3.8, 4) is 11.1 Å². The van der Waals surface area contributed by atoms with Crippen molar-refractivity contribution in [2.24, 2.45) is 0 Å². The molecule has 0 bridgehead atoms. The summed E-state index contributed by atoms with van der Waals surface area (Å²) in [5, 5.41) is 0.757. The molecule has 4 rings (SSSR count). The Balaban J connectivity index is 1.61. The highest BCUT2D eigenvalue weighted by Gasteiger charge is 2.21. The maximum Gasteiger partial charge on any atom is 0.260 e. The second-order valence-electron chi connectivity index (χ2n) is 7.52. The van der Waals surface area contributed by atoms with Gasteiger partial charge in [-0.1, -0.05) is 65.9 Å². The van der Waals surface area contributed by atoms with Gasteiger partial charge in [0.15, 0.2) is 5.13 Å². The average molecular weight is 416 g/mol. The summed E-state index contributed by atoms with van der Waals surface area (Å²) < 4.78 is 1.09. The van der Waals surface area contributed by atoms with E-state index in [2.05, 4.69) is 17.0 Å². The molecule has 5 heteroatoms. The van der Waals surface area contributed by atoms with Gasteiger partial charge in [0.1, 0.15) is 0 Å². The first kappa shape index (κ1) is 20.3. The Morgan fingerprint density at radius 2 is 1.50 bits per heavy atom. The van der Waals surface area contributed by atoms with Crippen LogP contribution < -0.4 is 4.90 Å². The number of para-hydroxylation sites is 1. The Bertz CT molecular complexity index is 1090. The molecule has 0 atom stereocenters. The van der Waals surface area contributed by atoms with Crippen molar-refractivity contribution >= 4 is 32.6 Å². The number of carbonyl (C=O) groups is 1. The molecule has 0 aliphatic carbocycles. The van der Waals surface area contributed by atoms with E-state index in [-0.39, 0.29) is 5.91 Å². The number of aromatic nitrogens is 1. The minimum absolute atomic E-state index is 0.00701. The lowest BCUT2D eigenvalue weighted by molar-refractivity contribution is 0.0986. The van der Waals surface area contributed by atoms with E-state index in [9.17, 15) is 4.79 Å². The van der Waals surface area contributed by atoms with E-state index in [1.165, 1.54) is 0 Å². The molecule has 1 heterocycles. The number of rotatable bonds is 7. The zero-order valence-electron chi connectivity index (χ0n) is 17.3. The second-order valence-corrected chi connectivity index (χ2v) is 8.53. The second kappa shape index (κ2) is 9.20. The normalized spacial score (nSPS) is 11.2. The van der Waals surface area contributed by atoms with E-state index in [0.29, 0.717) is 12.1 Å². The smallest absolute Gasteiger partial charge is 0.260 e. The maximum absolute atomic E-state index is 13.4. The fourth-order valence-corrected chi connectivity index (χ4v) is 4.39. The minimum atomic E-state index is -0.00701. The van der Waals surface area contributed by atoms with Crippen LogP contribution in [0.4, 0.5) is 5.13 Å². The average Bonchev–Trinajstić information content (AvgIpc) is 3.21. The summed E-state index contributed by atoms with van der Waals surface area (Å²) in [5.74, 6) is -0.00701. The van der Waals surface area contributed by atoms with Crippen LogP contribution >= 0.6 is 11.3 Å². The van der Waals surface area contributed by atoms with Gasteiger partial charge >= 0.3 is 0 Å². The third-order valence-corrected chi connectivity index (χ3v) is 6.04. The number of carbonyl (C=O) groups excluding carboxylic acids is 1. The minimum Gasteiger partial charge on any atom is -0.309 e. The first-order valence-electron chi connectivity index (χ1n) is 10.1. The van der Waals surface area contributed by atoms with E-state index >= 15 is 0 Å². The molecule has 0 saturated heterocycles. The number of anilines is 1. The number of thiazole rings is 1. The third kappa shape index (κ3) is 4.58. The van der Waals surface area contributed by atoms with Gasteiger partial charge in [-0.15, -0.1) is 0 Å². The van der Waals surface area contributed by atoms with Gasteiger partial charge in [-0.2, -0.15) is 0 Å². The van der Waals surface area contributed by atoms with Crippen molar-refractivity contribution in [1.29, 1.82) is 0 Å². The van der Waals surface area contributed by atoms with Gasteiger partial charge in [0, 0.05) is 12.1 Å². The third-order valence-electron chi connectivity index (χ3n) is 4.98. The number of nitrogens with zero attached hydrogens (tertiary/aromatic N) is 3. The molecule has 0 unspecified atom stereocenters. The van der Waals surface area contributed by atoms with E-state index in [4.69, 9.17) is 4.98 Å². The largest absolute Gasteiger partial charge is 0.309 e. The molecule has 0 N–H and O–H groups in total. The fourth-order valence-electron chi connectivity index (χ4n) is 3.40. The molecule has 4 nitrogen and oxygen atoms in total. The van der Waals surface area contributed by atoms with Gasteiger partial charge in [0.2, 0.25) is 0 Å². The van der Waals surface area contributed by atoms with Crippen molar-refractivity contribution in [3.63, 3.8) is 0 Å². The zero-order valence-corrected chi connectivity index (χ0v) is 18.1. The molecule has 1 amide bonds. The van der Waals surface area contributed by atoms with Crippen molar-refractivity contribution in [2.45, 2.75) is 6.42 Å². The Kier molecular flexibility index (Phi) is 6.21. The molecule has 0 fully saturated rings. The zero-order chi connectivity index (χ0) is 20.9. The molecule has 0 aliphatic rings. The summed E-state index contributed by atoms with van der Waals surface area (Å²) in [4.78, 5) is 22.1. The first-order valence-corrected chi connectivity index (χ1v) is 10.9. The molecule has 0 spiro atoms. The van der Waals surface area contributed by atoms with Crippen molar-refractivity contribution in [3.05, 3.63) is 84.4 Å². The van der Waals surface area contributed by atoms with Crippen LogP contribution in [0.15, 0.2) is 78.9 Å². The first-order chi connectivity index (χ1) is 14.6. The van der Waals surface area contributed by atoms with E-state index in [1.807, 2.05) is 85.7 Å².